The fourth-order valence-corrected chi connectivity index (χ4v) is 1.99. The van der Waals surface area contributed by atoms with Gasteiger partial charge in [-0.2, -0.15) is 0 Å². The van der Waals surface area contributed by atoms with Crippen LogP contribution in [0, 0.1) is 0 Å². The normalized spacial score (nSPS) is 10.8. The van der Waals surface area contributed by atoms with Crippen LogP contribution in [0.2, 0.25) is 0 Å². The van der Waals surface area contributed by atoms with Crippen LogP contribution in [-0.4, -0.2) is 37.6 Å². The number of nitrogens with zero attached hydrogens (tertiary/aromatic N) is 1. The van der Waals surface area contributed by atoms with Crippen LogP contribution in [0.1, 0.15) is 5.56 Å². The van der Waals surface area contributed by atoms with Gasteiger partial charge in [0.05, 0.1) is 13.2 Å². The number of methoxy groups -OCH3 is 1. The van der Waals surface area contributed by atoms with Crippen LogP contribution in [0.4, 0.5) is 0 Å². The lowest BCUT2D eigenvalue weighted by molar-refractivity contribution is -0.119. The third-order valence-electron chi connectivity index (χ3n) is 2.29. The van der Waals surface area contributed by atoms with Crippen molar-refractivity contribution in [1.82, 2.24) is 4.90 Å². The predicted octanol–water partition coefficient (Wildman–Crippen LogP) is 1.38. The molecule has 17 heavy (non-hydrogen) atoms. The van der Waals surface area contributed by atoms with Gasteiger partial charge in [-0.3, -0.25) is 9.69 Å². The van der Waals surface area contributed by atoms with Crippen molar-refractivity contribution in [1.29, 1.82) is 0 Å². The molecule has 0 heterocycles. The number of hydrogen-bond donors (Lipinski definition) is 1. The number of amides is 1. The Labute approximate surface area is 110 Å². The van der Waals surface area contributed by atoms with Crippen molar-refractivity contribution in [2.45, 2.75) is 6.54 Å². The summed E-state index contributed by atoms with van der Waals surface area (Å²) in [6, 6.07) is 7.99. The van der Waals surface area contributed by atoms with E-state index in [1.54, 1.807) is 7.11 Å². The van der Waals surface area contributed by atoms with Crippen molar-refractivity contribution in [2.75, 3.05) is 26.8 Å². The molecule has 0 aliphatic rings. The molecule has 1 amide bonds. The van der Waals surface area contributed by atoms with E-state index in [0.717, 1.165) is 10.0 Å². The van der Waals surface area contributed by atoms with Gasteiger partial charge in [-0.1, -0.05) is 28.1 Å². The van der Waals surface area contributed by atoms with E-state index in [1.807, 2.05) is 29.2 Å². The molecule has 0 aliphatic heterocycles. The Morgan fingerprint density at radius 1 is 1.53 bits per heavy atom. The number of carbonyl (C=O) groups is 1. The van der Waals surface area contributed by atoms with E-state index in [-0.39, 0.29) is 12.5 Å². The SMILES string of the molecule is COCCN(CC(N)=O)Cc1cccc(Br)c1. The first-order valence-electron chi connectivity index (χ1n) is 5.36. The third-order valence-corrected chi connectivity index (χ3v) is 2.78. The molecule has 0 unspecified atom stereocenters. The summed E-state index contributed by atoms with van der Waals surface area (Å²) in [6.45, 7) is 2.20. The molecule has 1 aromatic rings. The standard InChI is InChI=1S/C12H17BrN2O2/c1-17-6-5-15(9-12(14)16)8-10-3-2-4-11(13)7-10/h2-4,7H,5-6,8-9H2,1H3,(H2,14,16). The van der Waals surface area contributed by atoms with Gasteiger partial charge in [0.15, 0.2) is 0 Å². The minimum atomic E-state index is -0.323. The van der Waals surface area contributed by atoms with Crippen LogP contribution >= 0.6 is 15.9 Å². The van der Waals surface area contributed by atoms with E-state index >= 15 is 0 Å². The number of benzene rings is 1. The van der Waals surface area contributed by atoms with Gasteiger partial charge >= 0.3 is 0 Å². The molecule has 1 rings (SSSR count). The fourth-order valence-electron chi connectivity index (χ4n) is 1.55. The molecule has 0 bridgehead atoms. The number of ether oxygens (including phenoxy) is 1. The zero-order chi connectivity index (χ0) is 12.7. The van der Waals surface area contributed by atoms with Gasteiger partial charge in [0.1, 0.15) is 0 Å². The lowest BCUT2D eigenvalue weighted by Crippen LogP contribution is -2.35. The second-order valence-electron chi connectivity index (χ2n) is 3.80. The quantitative estimate of drug-likeness (QED) is 0.828. The van der Waals surface area contributed by atoms with Gasteiger partial charge in [0.2, 0.25) is 5.91 Å². The minimum absolute atomic E-state index is 0.246. The largest absolute Gasteiger partial charge is 0.383 e. The summed E-state index contributed by atoms with van der Waals surface area (Å²) in [6.07, 6.45) is 0. The number of carbonyl (C=O) groups excluding carboxylic acids is 1. The Bertz CT molecular complexity index is 371. The fraction of sp³-hybridized carbons (Fsp3) is 0.417. The van der Waals surface area contributed by atoms with Crippen LogP contribution in [0.15, 0.2) is 28.7 Å². The van der Waals surface area contributed by atoms with Crippen molar-refractivity contribution in [2.24, 2.45) is 5.73 Å². The molecule has 5 heteroatoms. The molecule has 94 valence electrons. The monoisotopic (exact) mass is 300 g/mol. The van der Waals surface area contributed by atoms with Crippen LogP contribution in [0.25, 0.3) is 0 Å². The van der Waals surface area contributed by atoms with E-state index in [9.17, 15) is 4.79 Å². The molecule has 0 radical (unpaired) electrons. The second-order valence-corrected chi connectivity index (χ2v) is 4.72. The molecule has 4 nitrogen and oxygen atoms in total. The molecule has 1 aromatic carbocycles. The smallest absolute Gasteiger partial charge is 0.231 e. The molecule has 0 saturated heterocycles. The van der Waals surface area contributed by atoms with Gasteiger partial charge in [-0.05, 0) is 17.7 Å². The number of primary amides is 1. The van der Waals surface area contributed by atoms with Gasteiger partial charge in [-0.25, -0.2) is 0 Å². The Kier molecular flexibility index (Phi) is 6.18. The highest BCUT2D eigenvalue weighted by atomic mass is 79.9. The Morgan fingerprint density at radius 3 is 2.88 bits per heavy atom. The highest BCUT2D eigenvalue weighted by molar-refractivity contribution is 9.10. The molecular formula is C12H17BrN2O2. The van der Waals surface area contributed by atoms with E-state index in [0.29, 0.717) is 19.7 Å². The second kappa shape index (κ2) is 7.42. The van der Waals surface area contributed by atoms with Crippen molar-refractivity contribution in [3.63, 3.8) is 0 Å². The topological polar surface area (TPSA) is 55.6 Å². The maximum Gasteiger partial charge on any atom is 0.231 e. The predicted molar refractivity (Wildman–Crippen MR) is 70.5 cm³/mol. The van der Waals surface area contributed by atoms with Crippen LogP contribution < -0.4 is 5.73 Å². The van der Waals surface area contributed by atoms with Gasteiger partial charge in [-0.15, -0.1) is 0 Å². The zero-order valence-corrected chi connectivity index (χ0v) is 11.4. The number of nitrogens with two attached hydrogens (primary N) is 1. The van der Waals surface area contributed by atoms with E-state index in [4.69, 9.17) is 10.5 Å². The van der Waals surface area contributed by atoms with Gasteiger partial charge in [0, 0.05) is 24.7 Å². The number of halogens is 1. The van der Waals surface area contributed by atoms with Gasteiger partial charge < -0.3 is 10.5 Å². The highest BCUT2D eigenvalue weighted by Crippen LogP contribution is 2.13. The summed E-state index contributed by atoms with van der Waals surface area (Å²) in [4.78, 5) is 12.9. The first kappa shape index (κ1) is 14.2. The lowest BCUT2D eigenvalue weighted by atomic mass is 10.2. The van der Waals surface area contributed by atoms with E-state index in [2.05, 4.69) is 15.9 Å². The van der Waals surface area contributed by atoms with Crippen molar-refractivity contribution in [3.05, 3.63) is 34.3 Å². The summed E-state index contributed by atoms with van der Waals surface area (Å²) < 4.78 is 6.04. The summed E-state index contributed by atoms with van der Waals surface area (Å²) in [5, 5.41) is 0. The molecular weight excluding hydrogens is 284 g/mol. The minimum Gasteiger partial charge on any atom is -0.383 e. The summed E-state index contributed by atoms with van der Waals surface area (Å²) >= 11 is 3.42. The third kappa shape index (κ3) is 5.81. The molecule has 0 atom stereocenters. The Hall–Kier alpha value is -0.910. The van der Waals surface area contributed by atoms with Crippen molar-refractivity contribution < 1.29 is 9.53 Å². The zero-order valence-electron chi connectivity index (χ0n) is 9.86. The molecule has 0 fully saturated rings. The van der Waals surface area contributed by atoms with Gasteiger partial charge in [0.25, 0.3) is 0 Å². The van der Waals surface area contributed by atoms with Crippen molar-refractivity contribution in [3.8, 4) is 0 Å². The van der Waals surface area contributed by atoms with Crippen LogP contribution in [-0.2, 0) is 16.1 Å². The molecule has 0 saturated carbocycles. The summed E-state index contributed by atoms with van der Waals surface area (Å²) in [5.74, 6) is -0.323. The molecule has 2 N–H and O–H groups in total. The Balaban J connectivity index is 2.61. The summed E-state index contributed by atoms with van der Waals surface area (Å²) in [5.41, 5.74) is 6.35. The number of rotatable bonds is 7. The molecule has 0 aliphatic carbocycles. The van der Waals surface area contributed by atoms with Crippen LogP contribution in [0.5, 0.6) is 0 Å². The summed E-state index contributed by atoms with van der Waals surface area (Å²) in [7, 11) is 1.64. The first-order valence-corrected chi connectivity index (χ1v) is 6.15. The number of hydrogen-bond acceptors (Lipinski definition) is 3. The average Bonchev–Trinajstić information content (AvgIpc) is 2.25. The maximum absolute atomic E-state index is 11.0. The lowest BCUT2D eigenvalue weighted by Gasteiger charge is -2.20. The van der Waals surface area contributed by atoms with E-state index in [1.165, 1.54) is 0 Å². The molecule has 0 spiro atoms. The maximum atomic E-state index is 11.0. The van der Waals surface area contributed by atoms with E-state index < -0.39 is 0 Å². The molecule has 0 aromatic heterocycles. The first-order chi connectivity index (χ1) is 8.11. The van der Waals surface area contributed by atoms with Crippen LogP contribution in [0.3, 0.4) is 0 Å². The Morgan fingerprint density at radius 2 is 2.29 bits per heavy atom. The average molecular weight is 301 g/mol. The highest BCUT2D eigenvalue weighted by Gasteiger charge is 2.08. The van der Waals surface area contributed by atoms with Crippen molar-refractivity contribution >= 4 is 21.8 Å².